The van der Waals surface area contributed by atoms with Gasteiger partial charge in [-0.1, -0.05) is 29.3 Å². The maximum absolute atomic E-state index is 11.7. The van der Waals surface area contributed by atoms with Crippen LogP contribution in [0, 0.1) is 18.3 Å². The number of benzene rings is 1. The quantitative estimate of drug-likeness (QED) is 0.459. The second kappa shape index (κ2) is 14.9. The van der Waals surface area contributed by atoms with Crippen LogP contribution in [0.3, 0.4) is 0 Å². The summed E-state index contributed by atoms with van der Waals surface area (Å²) in [6, 6.07) is 10.2. The summed E-state index contributed by atoms with van der Waals surface area (Å²) in [5, 5.41) is 18.8. The maximum Gasteiger partial charge on any atom is 0.422 e. The molecule has 182 valence electrons. The molecule has 1 N–H and O–H groups in total. The molecule has 1 aliphatic rings. The van der Waals surface area contributed by atoms with Gasteiger partial charge < -0.3 is 14.6 Å². The van der Waals surface area contributed by atoms with E-state index in [1.54, 1.807) is 37.3 Å². The first kappa shape index (κ1) is 28.9. The van der Waals surface area contributed by atoms with Crippen molar-refractivity contribution in [1.82, 2.24) is 4.98 Å². The summed E-state index contributed by atoms with van der Waals surface area (Å²) in [5.41, 5.74) is 1.19. The third-order valence-corrected chi connectivity index (χ3v) is 4.22. The average Bonchev–Trinajstić information content (AvgIpc) is 2.93. The fourth-order valence-corrected chi connectivity index (χ4v) is 2.65. The summed E-state index contributed by atoms with van der Waals surface area (Å²) in [4.78, 5) is 3.73. The SMILES string of the molecule is CCOC1=CCC(Cl)=CC(O)=C1.Cc1cnccc1OCC(F)(F)F.N#Cc1cccc(Cl)c1. The molecule has 5 nitrogen and oxygen atoms in total. The van der Waals surface area contributed by atoms with Gasteiger partial charge >= 0.3 is 6.18 Å². The number of hydrogen-bond acceptors (Lipinski definition) is 5. The van der Waals surface area contributed by atoms with Crippen molar-refractivity contribution in [3.63, 3.8) is 0 Å². The Morgan fingerprint density at radius 1 is 1.18 bits per heavy atom. The van der Waals surface area contributed by atoms with E-state index >= 15 is 0 Å². The molecule has 0 radical (unpaired) electrons. The highest BCUT2D eigenvalue weighted by molar-refractivity contribution is 6.30. The minimum Gasteiger partial charge on any atom is -0.508 e. The molecule has 0 atom stereocenters. The average molecular weight is 515 g/mol. The molecule has 34 heavy (non-hydrogen) atoms. The van der Waals surface area contributed by atoms with E-state index in [0.717, 1.165) is 0 Å². The van der Waals surface area contributed by atoms with Gasteiger partial charge in [0.05, 0.1) is 18.2 Å². The van der Waals surface area contributed by atoms with Crippen LogP contribution in [-0.4, -0.2) is 29.5 Å². The predicted molar refractivity (Wildman–Crippen MR) is 126 cm³/mol. The van der Waals surface area contributed by atoms with Gasteiger partial charge in [0.1, 0.15) is 17.3 Å². The topological polar surface area (TPSA) is 75.4 Å². The standard InChI is InChI=1S/C9H11ClO2.C8H8F3NO.C7H4ClN/c1-2-12-9-4-3-7(10)5-8(11)6-9;1-6-4-12-3-2-7(6)13-5-8(9,10)11;8-7-3-1-2-6(4-7)5-9/h4-6,11H,2-3H2,1H3;2-4H,5H2,1H3;1-4H. The number of rotatable bonds is 4. The maximum atomic E-state index is 11.7. The zero-order valence-corrected chi connectivity index (χ0v) is 20.0. The number of alkyl halides is 3. The minimum absolute atomic E-state index is 0.136. The lowest BCUT2D eigenvalue weighted by molar-refractivity contribution is -0.153. The van der Waals surface area contributed by atoms with Crippen LogP contribution in [0.2, 0.25) is 5.02 Å². The molecule has 0 unspecified atom stereocenters. The number of nitriles is 1. The molecule has 0 fully saturated rings. The van der Waals surface area contributed by atoms with Gasteiger partial charge in [-0.15, -0.1) is 0 Å². The van der Waals surface area contributed by atoms with E-state index in [4.69, 9.17) is 33.2 Å². The van der Waals surface area contributed by atoms with Crippen LogP contribution in [0.25, 0.3) is 0 Å². The highest BCUT2D eigenvalue weighted by Crippen LogP contribution is 2.20. The van der Waals surface area contributed by atoms with E-state index in [1.807, 2.05) is 19.1 Å². The molecule has 1 aliphatic carbocycles. The molecule has 0 saturated heterocycles. The smallest absolute Gasteiger partial charge is 0.422 e. The van der Waals surface area contributed by atoms with Gasteiger partial charge in [0.2, 0.25) is 0 Å². The van der Waals surface area contributed by atoms with Crippen LogP contribution in [0.15, 0.2) is 77.5 Å². The van der Waals surface area contributed by atoms with Crippen molar-refractivity contribution in [3.8, 4) is 11.8 Å². The summed E-state index contributed by atoms with van der Waals surface area (Å²) in [6.07, 6.45) is 4.06. The van der Waals surface area contributed by atoms with Crippen molar-refractivity contribution in [2.24, 2.45) is 0 Å². The van der Waals surface area contributed by atoms with Crippen LogP contribution >= 0.6 is 23.2 Å². The Balaban J connectivity index is 0.000000259. The van der Waals surface area contributed by atoms with E-state index in [1.165, 1.54) is 24.5 Å². The lowest BCUT2D eigenvalue weighted by atomic mass is 10.2. The third kappa shape index (κ3) is 12.8. The molecule has 10 heteroatoms. The van der Waals surface area contributed by atoms with E-state index in [2.05, 4.69) is 9.72 Å². The third-order valence-electron chi connectivity index (χ3n) is 3.72. The number of halogens is 5. The molecule has 1 heterocycles. The number of aliphatic hydroxyl groups is 1. The molecule has 0 bridgehead atoms. The van der Waals surface area contributed by atoms with Gasteiger partial charge in [-0.05, 0) is 50.3 Å². The van der Waals surface area contributed by atoms with Crippen LogP contribution in [0.1, 0.15) is 24.5 Å². The minimum atomic E-state index is -4.30. The highest BCUT2D eigenvalue weighted by atomic mass is 35.5. The summed E-state index contributed by atoms with van der Waals surface area (Å²) in [5.74, 6) is 1.02. The van der Waals surface area contributed by atoms with Crippen molar-refractivity contribution in [3.05, 3.63) is 93.7 Å². The van der Waals surface area contributed by atoms with Crippen molar-refractivity contribution in [1.29, 1.82) is 5.26 Å². The Kier molecular flexibility index (Phi) is 12.6. The second-order valence-electron chi connectivity index (χ2n) is 6.57. The Bertz CT molecular complexity index is 1060. The summed E-state index contributed by atoms with van der Waals surface area (Å²) in [7, 11) is 0. The summed E-state index contributed by atoms with van der Waals surface area (Å²) >= 11 is 11.3. The fourth-order valence-electron chi connectivity index (χ4n) is 2.27. The van der Waals surface area contributed by atoms with Crippen LogP contribution in [-0.2, 0) is 4.74 Å². The number of aryl methyl sites for hydroxylation is 1. The van der Waals surface area contributed by atoms with Crippen LogP contribution in [0.5, 0.6) is 5.75 Å². The molecule has 2 aromatic rings. The number of aliphatic hydroxyl groups excluding tert-OH is 1. The van der Waals surface area contributed by atoms with E-state index in [9.17, 15) is 18.3 Å². The van der Waals surface area contributed by atoms with Gasteiger partial charge in [-0.25, -0.2) is 0 Å². The molecular formula is C24H23Cl2F3N2O3. The van der Waals surface area contributed by atoms with Crippen LogP contribution in [0.4, 0.5) is 13.2 Å². The summed E-state index contributed by atoms with van der Waals surface area (Å²) in [6.45, 7) is 2.86. The van der Waals surface area contributed by atoms with Gasteiger partial charge in [-0.3, -0.25) is 4.98 Å². The van der Waals surface area contributed by atoms with Crippen molar-refractivity contribution in [2.75, 3.05) is 13.2 Å². The molecule has 0 amide bonds. The zero-order chi connectivity index (χ0) is 25.6. The van der Waals surface area contributed by atoms with E-state index < -0.39 is 12.8 Å². The van der Waals surface area contributed by atoms with E-state index in [0.29, 0.717) is 40.0 Å². The molecule has 0 saturated carbocycles. The molecule has 0 aliphatic heterocycles. The van der Waals surface area contributed by atoms with Crippen LogP contribution < -0.4 is 4.74 Å². The lowest BCUT2D eigenvalue weighted by Gasteiger charge is -2.10. The first-order chi connectivity index (χ1) is 16.0. The molecule has 1 aromatic carbocycles. The van der Waals surface area contributed by atoms with Crippen molar-refractivity contribution < 1.29 is 27.8 Å². The predicted octanol–water partition coefficient (Wildman–Crippen LogP) is 7.42. The Labute approximate surface area is 206 Å². The Morgan fingerprint density at radius 2 is 1.91 bits per heavy atom. The molecule has 1 aromatic heterocycles. The second-order valence-corrected chi connectivity index (χ2v) is 7.49. The highest BCUT2D eigenvalue weighted by Gasteiger charge is 2.28. The first-order valence-corrected chi connectivity index (χ1v) is 10.6. The van der Waals surface area contributed by atoms with Gasteiger partial charge in [-0.2, -0.15) is 18.4 Å². The van der Waals surface area contributed by atoms with Crippen molar-refractivity contribution in [2.45, 2.75) is 26.4 Å². The Hall–Kier alpha value is -3.15. The summed E-state index contributed by atoms with van der Waals surface area (Å²) < 4.78 is 44.9. The Morgan fingerprint density at radius 3 is 2.47 bits per heavy atom. The number of aromatic nitrogens is 1. The number of pyridine rings is 1. The first-order valence-electron chi connectivity index (χ1n) is 9.89. The normalized spacial score (nSPS) is 12.7. The number of hydrogen-bond donors (Lipinski definition) is 1. The van der Waals surface area contributed by atoms with Gasteiger partial charge in [0, 0.05) is 40.5 Å². The van der Waals surface area contributed by atoms with E-state index in [-0.39, 0.29) is 11.5 Å². The van der Waals surface area contributed by atoms with Crippen molar-refractivity contribution >= 4 is 23.2 Å². The van der Waals surface area contributed by atoms with Gasteiger partial charge in [0.15, 0.2) is 6.61 Å². The molecular weight excluding hydrogens is 492 g/mol. The number of allylic oxidation sites excluding steroid dienone is 4. The van der Waals surface area contributed by atoms with Gasteiger partial charge in [0.25, 0.3) is 0 Å². The lowest BCUT2D eigenvalue weighted by Crippen LogP contribution is -2.19. The monoisotopic (exact) mass is 514 g/mol. The molecule has 3 rings (SSSR count). The zero-order valence-electron chi connectivity index (χ0n) is 18.4. The fraction of sp³-hybridized carbons (Fsp3) is 0.250. The largest absolute Gasteiger partial charge is 0.508 e. The number of nitrogens with zero attached hydrogens (tertiary/aromatic N) is 2. The number of ether oxygens (including phenoxy) is 2. The molecule has 0 spiro atoms.